The van der Waals surface area contributed by atoms with Crippen LogP contribution in [-0.2, 0) is 11.2 Å². The Balaban J connectivity index is 0.000000868. The fraction of sp³-hybridized carbons (Fsp3) is 0.278. The summed E-state index contributed by atoms with van der Waals surface area (Å²) in [5, 5.41) is 6.89. The topological polar surface area (TPSA) is 76.5 Å². The molecule has 0 radical (unpaired) electrons. The molecule has 0 fully saturated rings. The van der Waals surface area contributed by atoms with Crippen molar-refractivity contribution in [2.45, 2.75) is 34.1 Å². The van der Waals surface area contributed by atoms with Gasteiger partial charge in [0.1, 0.15) is 5.75 Å². The van der Waals surface area contributed by atoms with E-state index in [2.05, 4.69) is 11.9 Å². The lowest BCUT2D eigenvalue weighted by atomic mass is 10.2. The largest absolute Gasteiger partial charge is 0.483 e. The van der Waals surface area contributed by atoms with Gasteiger partial charge in [0.05, 0.1) is 5.69 Å². The summed E-state index contributed by atoms with van der Waals surface area (Å²) in [6, 6.07) is 11.3. The Morgan fingerprint density at radius 3 is 2.09 bits per heavy atom. The van der Waals surface area contributed by atoms with Crippen LogP contribution in [0, 0.1) is 6.92 Å². The van der Waals surface area contributed by atoms with E-state index in [1.54, 1.807) is 19.1 Å². The van der Waals surface area contributed by atoms with Crippen molar-refractivity contribution in [1.82, 2.24) is 4.98 Å². The van der Waals surface area contributed by atoms with Gasteiger partial charge in [-0.05, 0) is 37.1 Å². The normalized spacial score (nSPS) is 8.70. The Labute approximate surface area is 137 Å². The molecule has 1 heterocycles. The number of aromatic nitrogens is 1. The molecule has 0 bridgehead atoms. The zero-order valence-electron chi connectivity index (χ0n) is 13.9. The first-order valence-electron chi connectivity index (χ1n) is 7.42. The third kappa shape index (κ3) is 7.22. The first-order valence-corrected chi connectivity index (χ1v) is 7.42. The number of carbonyl (C=O) groups excluding carboxylic acids is 1. The second-order valence-electron chi connectivity index (χ2n) is 4.15. The average Bonchev–Trinajstić information content (AvgIpc) is 2.58. The Kier molecular flexibility index (Phi) is 10.5. The molecule has 2 aromatic rings. The SMILES string of the molecule is CC.CCc1ccc(Oc2ccc(C=O)c(C)n2)cc1.O=CO. The van der Waals surface area contributed by atoms with Crippen LogP contribution in [0.2, 0.25) is 0 Å². The standard InChI is InChI=1S/C15H15NO2.C2H6.CH2O2/c1-3-12-4-7-14(8-5-12)18-15-9-6-13(10-17)11(2)16-15;1-2;2-1-3/h4-10H,3H2,1-2H3;1-2H3;1H,(H,2,3). The van der Waals surface area contributed by atoms with Crippen molar-refractivity contribution in [3.8, 4) is 11.6 Å². The molecule has 0 saturated carbocycles. The lowest BCUT2D eigenvalue weighted by Crippen LogP contribution is -1.94. The van der Waals surface area contributed by atoms with Crippen LogP contribution in [0.3, 0.4) is 0 Å². The number of hydrogen-bond acceptors (Lipinski definition) is 4. The van der Waals surface area contributed by atoms with Crippen LogP contribution in [-0.4, -0.2) is 22.8 Å². The third-order valence-corrected chi connectivity index (χ3v) is 2.78. The first kappa shape index (κ1) is 20.3. The lowest BCUT2D eigenvalue weighted by molar-refractivity contribution is -0.122. The fourth-order valence-corrected chi connectivity index (χ4v) is 1.64. The smallest absolute Gasteiger partial charge is 0.290 e. The maximum absolute atomic E-state index is 10.7. The molecule has 124 valence electrons. The minimum Gasteiger partial charge on any atom is -0.483 e. The van der Waals surface area contributed by atoms with Crippen molar-refractivity contribution in [1.29, 1.82) is 0 Å². The van der Waals surface area contributed by atoms with Gasteiger partial charge < -0.3 is 9.84 Å². The average molecular weight is 317 g/mol. The quantitative estimate of drug-likeness (QED) is 0.851. The second-order valence-corrected chi connectivity index (χ2v) is 4.15. The van der Waals surface area contributed by atoms with Crippen molar-refractivity contribution >= 4 is 12.8 Å². The molecule has 0 unspecified atom stereocenters. The van der Waals surface area contributed by atoms with E-state index in [-0.39, 0.29) is 6.47 Å². The molecule has 0 aliphatic heterocycles. The molecule has 23 heavy (non-hydrogen) atoms. The summed E-state index contributed by atoms with van der Waals surface area (Å²) in [6.45, 7) is 7.65. The van der Waals surface area contributed by atoms with E-state index in [1.807, 2.05) is 38.1 Å². The van der Waals surface area contributed by atoms with Crippen LogP contribution in [0.25, 0.3) is 0 Å². The van der Waals surface area contributed by atoms with Gasteiger partial charge in [-0.15, -0.1) is 0 Å². The Bertz CT molecular complexity index is 594. The molecule has 0 spiro atoms. The van der Waals surface area contributed by atoms with E-state index in [9.17, 15) is 4.79 Å². The van der Waals surface area contributed by atoms with Gasteiger partial charge in [0, 0.05) is 11.6 Å². The lowest BCUT2D eigenvalue weighted by Gasteiger charge is -2.06. The highest BCUT2D eigenvalue weighted by atomic mass is 16.5. The van der Waals surface area contributed by atoms with Crippen molar-refractivity contribution in [2.24, 2.45) is 0 Å². The number of aldehydes is 1. The van der Waals surface area contributed by atoms with Gasteiger partial charge in [0.15, 0.2) is 6.29 Å². The zero-order valence-corrected chi connectivity index (χ0v) is 13.9. The van der Waals surface area contributed by atoms with E-state index in [1.165, 1.54) is 5.56 Å². The zero-order chi connectivity index (χ0) is 17.7. The molecule has 0 aliphatic rings. The van der Waals surface area contributed by atoms with Crippen molar-refractivity contribution in [3.63, 3.8) is 0 Å². The van der Waals surface area contributed by atoms with Gasteiger partial charge in [-0.1, -0.05) is 32.9 Å². The Morgan fingerprint density at radius 2 is 1.65 bits per heavy atom. The molecule has 0 atom stereocenters. The molecule has 2 rings (SSSR count). The highest BCUT2D eigenvalue weighted by Crippen LogP contribution is 2.21. The fourth-order valence-electron chi connectivity index (χ4n) is 1.64. The number of benzene rings is 1. The van der Waals surface area contributed by atoms with Gasteiger partial charge in [-0.3, -0.25) is 9.59 Å². The summed E-state index contributed by atoms with van der Waals surface area (Å²) >= 11 is 0. The summed E-state index contributed by atoms with van der Waals surface area (Å²) in [5.41, 5.74) is 2.53. The van der Waals surface area contributed by atoms with E-state index >= 15 is 0 Å². The molecule has 1 aromatic carbocycles. The number of hydrogen-bond donors (Lipinski definition) is 1. The molecule has 0 amide bonds. The second kappa shape index (κ2) is 11.9. The Hall–Kier alpha value is -2.69. The number of carboxylic acid groups (broad SMARTS) is 1. The molecule has 1 N–H and O–H groups in total. The van der Waals surface area contributed by atoms with Gasteiger partial charge in [0.2, 0.25) is 5.88 Å². The summed E-state index contributed by atoms with van der Waals surface area (Å²) in [5.74, 6) is 1.25. The van der Waals surface area contributed by atoms with Crippen LogP contribution in [0.4, 0.5) is 0 Å². The van der Waals surface area contributed by atoms with Crippen molar-refractivity contribution in [3.05, 3.63) is 53.2 Å². The van der Waals surface area contributed by atoms with Crippen molar-refractivity contribution < 1.29 is 19.4 Å². The number of nitrogens with zero attached hydrogens (tertiary/aromatic N) is 1. The maximum Gasteiger partial charge on any atom is 0.290 e. The monoisotopic (exact) mass is 317 g/mol. The molecule has 0 saturated heterocycles. The minimum atomic E-state index is -0.250. The van der Waals surface area contributed by atoms with E-state index in [0.717, 1.165) is 18.5 Å². The van der Waals surface area contributed by atoms with Gasteiger partial charge in [0.25, 0.3) is 6.47 Å². The highest BCUT2D eigenvalue weighted by Gasteiger charge is 2.03. The maximum atomic E-state index is 10.7. The van der Waals surface area contributed by atoms with Gasteiger partial charge >= 0.3 is 0 Å². The number of carbonyl (C=O) groups is 2. The van der Waals surface area contributed by atoms with Crippen molar-refractivity contribution in [2.75, 3.05) is 0 Å². The van der Waals surface area contributed by atoms with Crippen LogP contribution >= 0.6 is 0 Å². The Morgan fingerprint density at radius 1 is 1.09 bits per heavy atom. The molecule has 5 nitrogen and oxygen atoms in total. The number of ether oxygens (including phenoxy) is 1. The minimum absolute atomic E-state index is 0.250. The molecule has 1 aromatic heterocycles. The summed E-state index contributed by atoms with van der Waals surface area (Å²) < 4.78 is 5.63. The van der Waals surface area contributed by atoms with Crippen LogP contribution in [0.1, 0.15) is 42.4 Å². The van der Waals surface area contributed by atoms with Crippen LogP contribution in [0.5, 0.6) is 11.6 Å². The van der Waals surface area contributed by atoms with E-state index < -0.39 is 0 Å². The third-order valence-electron chi connectivity index (χ3n) is 2.78. The number of rotatable bonds is 4. The predicted molar refractivity (Wildman–Crippen MR) is 90.3 cm³/mol. The predicted octanol–water partition coefficient (Wildman–Crippen LogP) is 4.28. The molecule has 0 aliphatic carbocycles. The summed E-state index contributed by atoms with van der Waals surface area (Å²) in [7, 11) is 0. The van der Waals surface area contributed by atoms with E-state index in [0.29, 0.717) is 17.1 Å². The molecular formula is C18H23NO4. The van der Waals surface area contributed by atoms with Gasteiger partial charge in [-0.2, -0.15) is 0 Å². The summed E-state index contributed by atoms with van der Waals surface area (Å²) in [6.07, 6.45) is 1.80. The van der Waals surface area contributed by atoms with Crippen LogP contribution < -0.4 is 4.74 Å². The summed E-state index contributed by atoms with van der Waals surface area (Å²) in [4.78, 5) is 23.3. The van der Waals surface area contributed by atoms with Gasteiger partial charge in [-0.25, -0.2) is 4.98 Å². The highest BCUT2D eigenvalue weighted by molar-refractivity contribution is 5.76. The molecule has 5 heteroatoms. The number of pyridine rings is 1. The van der Waals surface area contributed by atoms with Crippen LogP contribution in [0.15, 0.2) is 36.4 Å². The molecular weight excluding hydrogens is 294 g/mol. The first-order chi connectivity index (χ1) is 11.1. The van der Waals surface area contributed by atoms with E-state index in [4.69, 9.17) is 14.6 Å². The number of aryl methyl sites for hydroxylation is 2.